The van der Waals surface area contributed by atoms with Crippen molar-refractivity contribution in [2.75, 3.05) is 11.9 Å². The molecule has 3 aromatic carbocycles. The molecule has 2 fully saturated rings. The predicted molar refractivity (Wildman–Crippen MR) is 141 cm³/mol. The van der Waals surface area contributed by atoms with Gasteiger partial charge in [0, 0.05) is 29.6 Å². The Kier molecular flexibility index (Phi) is 6.41. The van der Waals surface area contributed by atoms with Crippen molar-refractivity contribution in [3.8, 4) is 0 Å². The molecule has 2 aliphatic heterocycles. The molecule has 6 rings (SSSR count). The molecule has 3 aromatic rings. The maximum absolute atomic E-state index is 15.1. The van der Waals surface area contributed by atoms with Crippen LogP contribution < -0.4 is 10.6 Å². The third-order valence-corrected chi connectivity index (χ3v) is 8.41. The van der Waals surface area contributed by atoms with Gasteiger partial charge in [0.05, 0.1) is 23.7 Å². The Labute approximate surface area is 217 Å². The molecule has 5 atom stereocenters. The maximum atomic E-state index is 15.1. The minimum Gasteiger partial charge on any atom is -0.375 e. The Balaban J connectivity index is 1.30. The van der Waals surface area contributed by atoms with Gasteiger partial charge in [0.1, 0.15) is 5.82 Å². The summed E-state index contributed by atoms with van der Waals surface area (Å²) in [6.45, 7) is 0.630. The molecule has 2 N–H and O–H groups in total. The van der Waals surface area contributed by atoms with E-state index in [0.717, 1.165) is 43.2 Å². The van der Waals surface area contributed by atoms with Gasteiger partial charge < -0.3 is 15.5 Å². The van der Waals surface area contributed by atoms with Gasteiger partial charge in [0.2, 0.25) is 5.91 Å². The lowest BCUT2D eigenvalue weighted by molar-refractivity contribution is -0.138. The summed E-state index contributed by atoms with van der Waals surface area (Å²) in [4.78, 5) is 29.1. The average molecular weight is 498 g/mol. The van der Waals surface area contributed by atoms with Gasteiger partial charge in [-0.2, -0.15) is 0 Å². The molecule has 3 aliphatic rings. The van der Waals surface area contributed by atoms with Crippen LogP contribution in [0, 0.1) is 17.7 Å². The van der Waals surface area contributed by atoms with Gasteiger partial charge in [-0.25, -0.2) is 4.39 Å². The van der Waals surface area contributed by atoms with Crippen molar-refractivity contribution in [1.82, 2.24) is 10.2 Å². The molecule has 2 amide bonds. The number of para-hydroxylation sites is 1. The van der Waals surface area contributed by atoms with E-state index in [1.807, 2.05) is 47.4 Å². The first-order valence-electron chi connectivity index (χ1n) is 13.4. The Bertz CT molecular complexity index is 1280. The van der Waals surface area contributed by atoms with E-state index in [9.17, 15) is 9.59 Å². The highest BCUT2D eigenvalue weighted by atomic mass is 19.1. The molecule has 0 spiro atoms. The summed E-state index contributed by atoms with van der Waals surface area (Å²) in [6.07, 6.45) is 4.34. The molecule has 5 nitrogen and oxygen atoms in total. The number of benzene rings is 3. The summed E-state index contributed by atoms with van der Waals surface area (Å²) >= 11 is 0. The van der Waals surface area contributed by atoms with Crippen molar-refractivity contribution in [2.24, 2.45) is 11.8 Å². The van der Waals surface area contributed by atoms with E-state index in [1.165, 1.54) is 6.07 Å². The number of amides is 2. The Hall–Kier alpha value is -3.67. The zero-order valence-corrected chi connectivity index (χ0v) is 20.8. The third-order valence-electron chi connectivity index (χ3n) is 8.41. The van der Waals surface area contributed by atoms with Gasteiger partial charge in [-0.05, 0) is 43.0 Å². The van der Waals surface area contributed by atoms with Crippen LogP contribution in [0.2, 0.25) is 0 Å². The number of fused-ring (bicyclic) bond motifs is 3. The second-order valence-electron chi connectivity index (χ2n) is 10.5. The summed E-state index contributed by atoms with van der Waals surface area (Å²) in [6, 6.07) is 24.0. The second kappa shape index (κ2) is 10.0. The van der Waals surface area contributed by atoms with E-state index in [-0.39, 0.29) is 47.6 Å². The number of hydrogen-bond acceptors (Lipinski definition) is 3. The standard InChI is InChI=1S/C31H32FN3O2/c32-25-16-9-15-23-28(25)34-27(20-10-3-1-4-11-20)24-18-19-35(29(23)24)31(37)22-14-7-8-17-26(22)33-30(36)21-12-5-2-6-13-21/h1-6,9-13,15-16,22,24,26-27,29,34H,7-8,14,17-19H2,(H,33,36)/t22-,24?,26+,27?,29?/m0/s1. The fraction of sp³-hybridized carbons (Fsp3) is 0.355. The summed E-state index contributed by atoms with van der Waals surface area (Å²) < 4.78 is 15.1. The quantitative estimate of drug-likeness (QED) is 0.474. The first-order valence-corrected chi connectivity index (χ1v) is 13.4. The highest BCUT2D eigenvalue weighted by molar-refractivity contribution is 5.95. The van der Waals surface area contributed by atoms with Crippen LogP contribution in [-0.2, 0) is 4.79 Å². The number of carbonyl (C=O) groups excluding carboxylic acids is 2. The van der Waals surface area contributed by atoms with E-state index in [0.29, 0.717) is 17.8 Å². The highest BCUT2D eigenvalue weighted by Gasteiger charge is 2.49. The first-order chi connectivity index (χ1) is 18.1. The van der Waals surface area contributed by atoms with Crippen molar-refractivity contribution in [3.63, 3.8) is 0 Å². The smallest absolute Gasteiger partial charge is 0.251 e. The number of nitrogens with zero attached hydrogens (tertiary/aromatic N) is 1. The monoisotopic (exact) mass is 497 g/mol. The summed E-state index contributed by atoms with van der Waals surface area (Å²) in [5.74, 6) is -0.483. The number of likely N-dealkylation sites (tertiary alicyclic amines) is 1. The molecule has 0 radical (unpaired) electrons. The molecule has 6 heteroatoms. The molecule has 1 aliphatic carbocycles. The van der Waals surface area contributed by atoms with Gasteiger partial charge in [0.25, 0.3) is 5.91 Å². The van der Waals surface area contributed by atoms with Gasteiger partial charge in [0.15, 0.2) is 0 Å². The van der Waals surface area contributed by atoms with E-state index in [4.69, 9.17) is 0 Å². The van der Waals surface area contributed by atoms with Crippen LogP contribution in [0.3, 0.4) is 0 Å². The van der Waals surface area contributed by atoms with Gasteiger partial charge in [-0.3, -0.25) is 9.59 Å². The molecule has 0 aromatic heterocycles. The van der Waals surface area contributed by atoms with Gasteiger partial charge >= 0.3 is 0 Å². The minimum atomic E-state index is -0.290. The van der Waals surface area contributed by atoms with E-state index < -0.39 is 0 Å². The van der Waals surface area contributed by atoms with E-state index in [2.05, 4.69) is 22.8 Å². The molecule has 37 heavy (non-hydrogen) atoms. The van der Waals surface area contributed by atoms with Crippen LogP contribution in [-0.4, -0.2) is 29.3 Å². The van der Waals surface area contributed by atoms with Crippen molar-refractivity contribution in [2.45, 2.75) is 50.2 Å². The summed E-state index contributed by atoms with van der Waals surface area (Å²) in [7, 11) is 0. The van der Waals surface area contributed by atoms with Crippen LogP contribution >= 0.6 is 0 Å². The van der Waals surface area contributed by atoms with E-state index in [1.54, 1.807) is 18.2 Å². The number of rotatable bonds is 4. The zero-order chi connectivity index (χ0) is 25.4. The lowest BCUT2D eigenvalue weighted by atomic mass is 9.79. The summed E-state index contributed by atoms with van der Waals surface area (Å²) in [5.41, 5.74) is 3.05. The van der Waals surface area contributed by atoms with Crippen molar-refractivity contribution in [1.29, 1.82) is 0 Å². The molecule has 2 heterocycles. The fourth-order valence-electron chi connectivity index (χ4n) is 6.66. The lowest BCUT2D eigenvalue weighted by Gasteiger charge is -2.42. The molecular formula is C31H32FN3O2. The molecule has 1 saturated heterocycles. The SMILES string of the molecule is O=C(N[C@@H]1CCCC[C@@H]1C(=O)N1CCC2C(c3ccccc3)Nc3c(F)cccc3C21)c1ccccc1. The largest absolute Gasteiger partial charge is 0.375 e. The van der Waals surface area contributed by atoms with E-state index >= 15 is 4.39 Å². The van der Waals surface area contributed by atoms with Crippen LogP contribution in [0.1, 0.15) is 65.7 Å². The number of nitrogens with one attached hydrogen (secondary N) is 2. The Morgan fingerprint density at radius 3 is 2.38 bits per heavy atom. The molecular weight excluding hydrogens is 465 g/mol. The topological polar surface area (TPSA) is 61.4 Å². The summed E-state index contributed by atoms with van der Waals surface area (Å²) in [5, 5.41) is 6.64. The minimum absolute atomic E-state index is 0.0756. The second-order valence-corrected chi connectivity index (χ2v) is 10.5. The number of carbonyl (C=O) groups is 2. The lowest BCUT2D eigenvalue weighted by Crippen LogP contribution is -2.50. The number of hydrogen-bond donors (Lipinski definition) is 2. The molecule has 3 unspecified atom stereocenters. The predicted octanol–water partition coefficient (Wildman–Crippen LogP) is 5.87. The number of anilines is 1. The van der Waals surface area contributed by atoms with Crippen LogP contribution in [0.25, 0.3) is 0 Å². The van der Waals surface area contributed by atoms with Gasteiger partial charge in [-0.15, -0.1) is 0 Å². The normalized spacial score (nSPS) is 26.5. The van der Waals surface area contributed by atoms with Crippen LogP contribution in [0.15, 0.2) is 78.9 Å². The zero-order valence-electron chi connectivity index (χ0n) is 20.8. The fourth-order valence-corrected chi connectivity index (χ4v) is 6.66. The number of halogens is 1. The van der Waals surface area contributed by atoms with Crippen molar-refractivity contribution < 1.29 is 14.0 Å². The average Bonchev–Trinajstić information content (AvgIpc) is 3.39. The highest BCUT2D eigenvalue weighted by Crippen LogP contribution is 2.52. The Morgan fingerprint density at radius 1 is 0.865 bits per heavy atom. The van der Waals surface area contributed by atoms with Crippen molar-refractivity contribution in [3.05, 3.63) is 101 Å². The molecule has 190 valence electrons. The molecule has 0 bridgehead atoms. The maximum Gasteiger partial charge on any atom is 0.251 e. The van der Waals surface area contributed by atoms with Crippen LogP contribution in [0.4, 0.5) is 10.1 Å². The van der Waals surface area contributed by atoms with Gasteiger partial charge in [-0.1, -0.05) is 73.5 Å². The first kappa shape index (κ1) is 23.7. The van der Waals surface area contributed by atoms with Crippen LogP contribution in [0.5, 0.6) is 0 Å². The molecule has 1 saturated carbocycles. The van der Waals surface area contributed by atoms with Crippen molar-refractivity contribution >= 4 is 17.5 Å². The Morgan fingerprint density at radius 2 is 1.59 bits per heavy atom. The third kappa shape index (κ3) is 4.39.